The van der Waals surface area contributed by atoms with Gasteiger partial charge in [0.15, 0.2) is 0 Å². The molecule has 0 unspecified atom stereocenters. The fourth-order valence-electron chi connectivity index (χ4n) is 1.58. The van der Waals surface area contributed by atoms with E-state index in [1.165, 1.54) is 6.33 Å². The summed E-state index contributed by atoms with van der Waals surface area (Å²) in [5.74, 6) is -0.673. The van der Waals surface area contributed by atoms with Crippen LogP contribution in [0.4, 0.5) is 4.79 Å². The molecule has 1 aromatic carbocycles. The van der Waals surface area contributed by atoms with Crippen molar-refractivity contribution in [1.29, 1.82) is 0 Å². The minimum absolute atomic E-state index is 0.319. The van der Waals surface area contributed by atoms with E-state index in [0.29, 0.717) is 10.9 Å². The highest BCUT2D eigenvalue weighted by atomic mass is 79.9. The van der Waals surface area contributed by atoms with Gasteiger partial charge in [-0.25, -0.2) is 9.78 Å². The molecule has 2 rings (SSSR count). The smallest absolute Gasteiger partial charge is 0.318 e. The second kappa shape index (κ2) is 5.19. The molecule has 98 valence electrons. The number of primary amides is 1. The van der Waals surface area contributed by atoms with E-state index in [4.69, 9.17) is 5.73 Å². The molecule has 2 aromatic rings. The van der Waals surface area contributed by atoms with Crippen LogP contribution in [0.2, 0.25) is 0 Å². The van der Waals surface area contributed by atoms with Gasteiger partial charge in [-0.2, -0.15) is 0 Å². The van der Waals surface area contributed by atoms with Gasteiger partial charge in [0.1, 0.15) is 6.54 Å². The van der Waals surface area contributed by atoms with Gasteiger partial charge in [0, 0.05) is 4.47 Å². The Kier molecular flexibility index (Phi) is 3.61. The zero-order valence-corrected chi connectivity index (χ0v) is 11.2. The maximum Gasteiger partial charge on any atom is 0.318 e. The third-order valence-corrected chi connectivity index (χ3v) is 2.86. The molecule has 0 aliphatic heterocycles. The number of carbonyl (C=O) groups excluding carboxylic acids is 2. The Bertz CT molecular complexity index is 725. The molecule has 7 nitrogen and oxygen atoms in total. The first-order valence-corrected chi connectivity index (χ1v) is 6.00. The van der Waals surface area contributed by atoms with Crippen molar-refractivity contribution in [3.63, 3.8) is 0 Å². The molecule has 0 bridgehead atoms. The number of urea groups is 1. The van der Waals surface area contributed by atoms with Crippen LogP contribution in [-0.4, -0.2) is 21.5 Å². The number of aromatic nitrogens is 2. The lowest BCUT2D eigenvalue weighted by Gasteiger charge is -2.06. The number of nitrogens with two attached hydrogens (primary N) is 1. The number of imide groups is 1. The number of fused-ring (bicyclic) bond motifs is 1. The number of benzene rings is 1. The topological polar surface area (TPSA) is 107 Å². The minimum Gasteiger partial charge on any atom is -0.351 e. The molecule has 0 aliphatic carbocycles. The molecular formula is C11H9BrN4O3. The summed E-state index contributed by atoms with van der Waals surface area (Å²) in [5, 5.41) is 2.27. The van der Waals surface area contributed by atoms with Gasteiger partial charge in [-0.05, 0) is 18.2 Å². The summed E-state index contributed by atoms with van der Waals surface area (Å²) in [7, 11) is 0. The number of hydrogen-bond donors (Lipinski definition) is 2. The van der Waals surface area contributed by atoms with Crippen molar-refractivity contribution in [2.75, 3.05) is 0 Å². The van der Waals surface area contributed by atoms with Crippen molar-refractivity contribution in [2.45, 2.75) is 6.54 Å². The summed E-state index contributed by atoms with van der Waals surface area (Å²) in [6.45, 7) is -0.319. The summed E-state index contributed by atoms with van der Waals surface area (Å²) >= 11 is 3.28. The van der Waals surface area contributed by atoms with E-state index in [1.54, 1.807) is 18.2 Å². The van der Waals surface area contributed by atoms with Crippen LogP contribution >= 0.6 is 15.9 Å². The van der Waals surface area contributed by atoms with Crippen molar-refractivity contribution in [1.82, 2.24) is 14.9 Å². The molecule has 0 fully saturated rings. The number of nitrogens with one attached hydrogen (secondary N) is 1. The van der Waals surface area contributed by atoms with Crippen molar-refractivity contribution >= 4 is 38.8 Å². The number of halogens is 1. The molecule has 0 spiro atoms. The lowest BCUT2D eigenvalue weighted by molar-refractivity contribution is -0.120. The van der Waals surface area contributed by atoms with E-state index in [9.17, 15) is 14.4 Å². The van der Waals surface area contributed by atoms with E-state index >= 15 is 0 Å². The van der Waals surface area contributed by atoms with Crippen molar-refractivity contribution in [3.05, 3.63) is 39.4 Å². The molecule has 0 saturated heterocycles. The Labute approximate surface area is 115 Å². The Morgan fingerprint density at radius 3 is 2.84 bits per heavy atom. The zero-order valence-electron chi connectivity index (χ0n) is 9.59. The Morgan fingerprint density at radius 2 is 2.16 bits per heavy atom. The summed E-state index contributed by atoms with van der Waals surface area (Å²) < 4.78 is 1.91. The SMILES string of the molecule is NC(=O)NC(=O)Cn1cnc2cc(Br)ccc2c1=O. The lowest BCUT2D eigenvalue weighted by atomic mass is 10.2. The van der Waals surface area contributed by atoms with E-state index in [-0.39, 0.29) is 12.1 Å². The molecule has 0 saturated carbocycles. The van der Waals surface area contributed by atoms with Gasteiger partial charge >= 0.3 is 6.03 Å². The molecule has 0 atom stereocenters. The van der Waals surface area contributed by atoms with Crippen LogP contribution in [0.25, 0.3) is 10.9 Å². The van der Waals surface area contributed by atoms with Crippen LogP contribution in [0.3, 0.4) is 0 Å². The standard InChI is InChI=1S/C11H9BrN4O3/c12-6-1-2-7-8(3-6)14-5-16(10(7)18)4-9(17)15-11(13)19/h1-3,5H,4H2,(H3,13,15,17,19). The second-order valence-corrected chi connectivity index (χ2v) is 4.67. The first-order chi connectivity index (χ1) is 8.97. The first-order valence-electron chi connectivity index (χ1n) is 5.21. The quantitative estimate of drug-likeness (QED) is 0.831. The van der Waals surface area contributed by atoms with Crippen LogP contribution < -0.4 is 16.6 Å². The Hall–Kier alpha value is -2.22. The summed E-state index contributed by atoms with van der Waals surface area (Å²) in [4.78, 5) is 38.0. The largest absolute Gasteiger partial charge is 0.351 e. The normalized spacial score (nSPS) is 10.4. The molecule has 1 heterocycles. The number of amides is 3. The molecule has 3 N–H and O–H groups in total. The van der Waals surface area contributed by atoms with Crippen molar-refractivity contribution in [2.24, 2.45) is 5.73 Å². The average Bonchev–Trinajstić information content (AvgIpc) is 2.31. The highest BCUT2D eigenvalue weighted by Gasteiger charge is 2.09. The molecule has 0 aliphatic rings. The highest BCUT2D eigenvalue weighted by molar-refractivity contribution is 9.10. The zero-order chi connectivity index (χ0) is 14.0. The number of rotatable bonds is 2. The van der Waals surface area contributed by atoms with Crippen molar-refractivity contribution in [3.8, 4) is 0 Å². The van der Waals surface area contributed by atoms with Crippen LogP contribution in [0.1, 0.15) is 0 Å². The molecule has 1 aromatic heterocycles. The molecular weight excluding hydrogens is 316 g/mol. The van der Waals surface area contributed by atoms with Crippen LogP contribution in [0, 0.1) is 0 Å². The van der Waals surface area contributed by atoms with Gasteiger partial charge < -0.3 is 5.73 Å². The number of nitrogens with zero attached hydrogens (tertiary/aromatic N) is 2. The summed E-state index contributed by atoms with van der Waals surface area (Å²) in [5.41, 5.74) is 4.97. The van der Waals surface area contributed by atoms with E-state index in [1.807, 2.05) is 5.32 Å². The van der Waals surface area contributed by atoms with Gasteiger partial charge in [0.05, 0.1) is 17.2 Å². The average molecular weight is 325 g/mol. The second-order valence-electron chi connectivity index (χ2n) is 3.75. The van der Waals surface area contributed by atoms with Gasteiger partial charge in [0.25, 0.3) is 5.56 Å². The fourth-order valence-corrected chi connectivity index (χ4v) is 1.92. The Morgan fingerprint density at radius 1 is 1.42 bits per heavy atom. The van der Waals surface area contributed by atoms with Gasteiger partial charge in [0.2, 0.25) is 5.91 Å². The molecule has 3 amide bonds. The maximum absolute atomic E-state index is 12.1. The predicted octanol–water partition coefficient (Wildman–Crippen LogP) is 0.354. The van der Waals surface area contributed by atoms with E-state index in [0.717, 1.165) is 9.04 Å². The predicted molar refractivity (Wildman–Crippen MR) is 71.4 cm³/mol. The van der Waals surface area contributed by atoms with Crippen LogP contribution in [0.5, 0.6) is 0 Å². The summed E-state index contributed by atoms with van der Waals surface area (Å²) in [6.07, 6.45) is 1.25. The lowest BCUT2D eigenvalue weighted by Crippen LogP contribution is -2.39. The number of carbonyl (C=O) groups is 2. The maximum atomic E-state index is 12.1. The highest BCUT2D eigenvalue weighted by Crippen LogP contribution is 2.14. The van der Waals surface area contributed by atoms with Gasteiger partial charge in [-0.1, -0.05) is 15.9 Å². The third-order valence-electron chi connectivity index (χ3n) is 2.36. The molecule has 19 heavy (non-hydrogen) atoms. The van der Waals surface area contributed by atoms with E-state index in [2.05, 4.69) is 20.9 Å². The van der Waals surface area contributed by atoms with Crippen LogP contribution in [-0.2, 0) is 11.3 Å². The first kappa shape index (κ1) is 13.2. The van der Waals surface area contributed by atoms with E-state index < -0.39 is 11.9 Å². The fraction of sp³-hybridized carbons (Fsp3) is 0.0909. The minimum atomic E-state index is -0.962. The monoisotopic (exact) mass is 324 g/mol. The van der Waals surface area contributed by atoms with Gasteiger partial charge in [-0.15, -0.1) is 0 Å². The van der Waals surface area contributed by atoms with Crippen molar-refractivity contribution < 1.29 is 9.59 Å². The Balaban J connectivity index is 2.38. The van der Waals surface area contributed by atoms with Crippen LogP contribution in [0.15, 0.2) is 33.8 Å². The van der Waals surface area contributed by atoms with Gasteiger partial charge in [-0.3, -0.25) is 19.5 Å². The molecule has 8 heteroatoms. The summed E-state index contributed by atoms with van der Waals surface area (Å²) in [6, 6.07) is 4.05. The third kappa shape index (κ3) is 2.97. The molecule has 0 radical (unpaired) electrons. The number of hydrogen-bond acceptors (Lipinski definition) is 4.